The van der Waals surface area contributed by atoms with Crippen LogP contribution in [0.15, 0.2) is 24.3 Å². The first kappa shape index (κ1) is 10.6. The lowest BCUT2D eigenvalue weighted by Crippen LogP contribution is -2.35. The summed E-state index contributed by atoms with van der Waals surface area (Å²) >= 11 is 0. The molecule has 1 saturated heterocycles. The molecule has 3 heterocycles. The van der Waals surface area contributed by atoms with Gasteiger partial charge in [-0.2, -0.15) is 0 Å². The maximum Gasteiger partial charge on any atom is 0.0472 e. The van der Waals surface area contributed by atoms with Crippen molar-refractivity contribution in [3.05, 3.63) is 35.5 Å². The highest BCUT2D eigenvalue weighted by atomic mass is 16.3. The molecule has 3 nitrogen and oxygen atoms in total. The van der Waals surface area contributed by atoms with Crippen molar-refractivity contribution in [1.29, 1.82) is 0 Å². The van der Waals surface area contributed by atoms with Gasteiger partial charge in [-0.25, -0.2) is 0 Å². The number of fused-ring (bicyclic) bond motifs is 4. The van der Waals surface area contributed by atoms with E-state index in [4.69, 9.17) is 0 Å². The van der Waals surface area contributed by atoms with Crippen molar-refractivity contribution in [2.75, 3.05) is 13.2 Å². The zero-order valence-electron chi connectivity index (χ0n) is 10.4. The Hall–Kier alpha value is -1.32. The van der Waals surface area contributed by atoms with E-state index in [1.807, 2.05) is 0 Å². The second-order valence-corrected chi connectivity index (χ2v) is 5.70. The first-order chi connectivity index (χ1) is 8.85. The number of aromatic nitrogens is 1. The Kier molecular flexibility index (Phi) is 2.26. The van der Waals surface area contributed by atoms with Gasteiger partial charge >= 0.3 is 0 Å². The molecule has 1 aromatic heterocycles. The predicted octanol–water partition coefficient (Wildman–Crippen LogP) is 1.91. The first-order valence-corrected chi connectivity index (χ1v) is 6.78. The van der Waals surface area contributed by atoms with Gasteiger partial charge in [-0.3, -0.25) is 4.90 Å². The van der Waals surface area contributed by atoms with Crippen molar-refractivity contribution in [2.45, 2.75) is 25.4 Å². The lowest BCUT2D eigenvalue weighted by atomic mass is 9.95. The number of aliphatic hydroxyl groups is 1. The number of aliphatic hydroxyl groups excluding tert-OH is 1. The molecule has 18 heavy (non-hydrogen) atoms. The third-order valence-electron chi connectivity index (χ3n) is 4.58. The van der Waals surface area contributed by atoms with Crippen molar-refractivity contribution >= 4 is 10.9 Å². The molecule has 1 fully saturated rings. The van der Waals surface area contributed by atoms with Crippen LogP contribution in [0.2, 0.25) is 0 Å². The van der Waals surface area contributed by atoms with Crippen LogP contribution < -0.4 is 0 Å². The number of benzene rings is 1. The van der Waals surface area contributed by atoms with Gasteiger partial charge in [0.25, 0.3) is 0 Å². The number of aromatic amines is 1. The molecule has 0 aliphatic carbocycles. The van der Waals surface area contributed by atoms with E-state index in [2.05, 4.69) is 34.1 Å². The van der Waals surface area contributed by atoms with Gasteiger partial charge in [0.05, 0.1) is 0 Å². The van der Waals surface area contributed by atoms with Crippen molar-refractivity contribution in [3.8, 4) is 0 Å². The summed E-state index contributed by atoms with van der Waals surface area (Å²) < 4.78 is 0. The van der Waals surface area contributed by atoms with Gasteiger partial charge in [0.15, 0.2) is 0 Å². The molecule has 2 aromatic rings. The third kappa shape index (κ3) is 1.44. The Balaban J connectivity index is 1.74. The Morgan fingerprint density at radius 1 is 1.33 bits per heavy atom. The number of rotatable bonds is 1. The lowest BCUT2D eigenvalue weighted by Gasteiger charge is -2.29. The van der Waals surface area contributed by atoms with E-state index < -0.39 is 0 Å². The molecule has 0 unspecified atom stereocenters. The monoisotopic (exact) mass is 242 g/mol. The maximum absolute atomic E-state index is 9.32. The van der Waals surface area contributed by atoms with Crippen molar-refractivity contribution < 1.29 is 5.11 Å². The highest BCUT2D eigenvalue weighted by Gasteiger charge is 2.36. The second kappa shape index (κ2) is 3.84. The zero-order valence-corrected chi connectivity index (χ0v) is 10.4. The van der Waals surface area contributed by atoms with Crippen LogP contribution in [0, 0.1) is 5.92 Å². The van der Waals surface area contributed by atoms with Crippen molar-refractivity contribution in [3.63, 3.8) is 0 Å². The second-order valence-electron chi connectivity index (χ2n) is 5.70. The zero-order chi connectivity index (χ0) is 12.1. The molecule has 0 spiro atoms. The topological polar surface area (TPSA) is 39.3 Å². The minimum Gasteiger partial charge on any atom is -0.396 e. The molecule has 2 atom stereocenters. The molecule has 3 heteroatoms. The molecule has 2 aliphatic rings. The molecular formula is C15H18N2O. The van der Waals surface area contributed by atoms with Gasteiger partial charge < -0.3 is 10.1 Å². The van der Waals surface area contributed by atoms with E-state index in [-0.39, 0.29) is 0 Å². The summed E-state index contributed by atoms with van der Waals surface area (Å²) in [6.07, 6.45) is 2.28. The Labute approximate surface area is 106 Å². The number of nitrogens with zero attached hydrogens (tertiary/aromatic N) is 1. The summed E-state index contributed by atoms with van der Waals surface area (Å²) in [5.74, 6) is 0.477. The van der Waals surface area contributed by atoms with Crippen LogP contribution in [0.25, 0.3) is 10.9 Å². The van der Waals surface area contributed by atoms with Gasteiger partial charge in [-0.1, -0.05) is 18.2 Å². The van der Waals surface area contributed by atoms with Crippen LogP contribution in [-0.2, 0) is 13.0 Å². The standard InChI is InChI=1S/C15H18N2O/c18-9-10-5-11-6-13-12-3-1-2-4-14(12)16-15(13)8-17(11)7-10/h1-4,10-11,16,18H,5-9H2/t10-,11-/m1/s1. The number of nitrogens with one attached hydrogen (secondary N) is 1. The number of hydrogen-bond acceptors (Lipinski definition) is 2. The van der Waals surface area contributed by atoms with E-state index in [1.165, 1.54) is 22.2 Å². The molecule has 0 saturated carbocycles. The van der Waals surface area contributed by atoms with Crippen LogP contribution in [0.3, 0.4) is 0 Å². The summed E-state index contributed by atoms with van der Waals surface area (Å²) in [6, 6.07) is 9.23. The number of hydrogen-bond donors (Lipinski definition) is 2. The van der Waals surface area contributed by atoms with E-state index in [9.17, 15) is 5.11 Å². The number of para-hydroxylation sites is 1. The molecule has 4 rings (SSSR count). The largest absolute Gasteiger partial charge is 0.396 e. The fraction of sp³-hybridized carbons (Fsp3) is 0.467. The minimum atomic E-state index is 0.335. The van der Waals surface area contributed by atoms with Gasteiger partial charge in [0.2, 0.25) is 0 Å². The Morgan fingerprint density at radius 2 is 2.22 bits per heavy atom. The third-order valence-corrected chi connectivity index (χ3v) is 4.58. The van der Waals surface area contributed by atoms with Crippen LogP contribution in [0.1, 0.15) is 17.7 Å². The summed E-state index contributed by atoms with van der Waals surface area (Å²) in [6.45, 7) is 2.41. The summed E-state index contributed by atoms with van der Waals surface area (Å²) in [5.41, 5.74) is 4.15. The van der Waals surface area contributed by atoms with Crippen LogP contribution in [-0.4, -0.2) is 34.2 Å². The average molecular weight is 242 g/mol. The molecule has 2 N–H and O–H groups in total. The molecule has 0 amide bonds. The fourth-order valence-corrected chi connectivity index (χ4v) is 3.69. The van der Waals surface area contributed by atoms with Crippen LogP contribution >= 0.6 is 0 Å². The first-order valence-electron chi connectivity index (χ1n) is 6.78. The van der Waals surface area contributed by atoms with Crippen LogP contribution in [0.5, 0.6) is 0 Å². The summed E-state index contributed by atoms with van der Waals surface area (Å²) in [4.78, 5) is 6.08. The maximum atomic E-state index is 9.32. The molecule has 94 valence electrons. The van der Waals surface area contributed by atoms with E-state index in [1.54, 1.807) is 0 Å². The smallest absolute Gasteiger partial charge is 0.0472 e. The fourth-order valence-electron chi connectivity index (χ4n) is 3.69. The van der Waals surface area contributed by atoms with Gasteiger partial charge in [0, 0.05) is 42.3 Å². The summed E-state index contributed by atoms with van der Waals surface area (Å²) in [5, 5.41) is 10.7. The molecule has 0 bridgehead atoms. The van der Waals surface area contributed by atoms with Gasteiger partial charge in [-0.05, 0) is 30.4 Å². The molecule has 0 radical (unpaired) electrons. The van der Waals surface area contributed by atoms with E-state index >= 15 is 0 Å². The highest BCUT2D eigenvalue weighted by molar-refractivity contribution is 5.84. The number of H-pyrrole nitrogens is 1. The van der Waals surface area contributed by atoms with Gasteiger partial charge in [0.1, 0.15) is 0 Å². The van der Waals surface area contributed by atoms with E-state index in [0.29, 0.717) is 18.6 Å². The van der Waals surface area contributed by atoms with Crippen molar-refractivity contribution in [2.24, 2.45) is 5.92 Å². The van der Waals surface area contributed by atoms with Gasteiger partial charge in [-0.15, -0.1) is 0 Å². The minimum absolute atomic E-state index is 0.335. The Morgan fingerprint density at radius 3 is 3.11 bits per heavy atom. The lowest BCUT2D eigenvalue weighted by molar-refractivity contribution is 0.204. The molecular weight excluding hydrogens is 224 g/mol. The summed E-state index contributed by atoms with van der Waals surface area (Å²) in [7, 11) is 0. The van der Waals surface area contributed by atoms with Crippen molar-refractivity contribution in [1.82, 2.24) is 9.88 Å². The highest BCUT2D eigenvalue weighted by Crippen LogP contribution is 2.35. The van der Waals surface area contributed by atoms with E-state index in [0.717, 1.165) is 25.9 Å². The molecule has 1 aromatic carbocycles. The SMILES string of the molecule is OC[C@@H]1C[C@@H]2Cc3c([nH]c4ccccc34)CN2C1. The average Bonchev–Trinajstić information content (AvgIpc) is 2.95. The normalized spacial score (nSPS) is 27.4. The quantitative estimate of drug-likeness (QED) is 0.802. The molecule has 2 aliphatic heterocycles. The van der Waals surface area contributed by atoms with Crippen LogP contribution in [0.4, 0.5) is 0 Å². The Bertz CT molecular complexity index is 589. The predicted molar refractivity (Wildman–Crippen MR) is 71.4 cm³/mol.